The number of hydrogen-bond donors (Lipinski definition) is 2. The normalized spacial score (nSPS) is 12.8. The Morgan fingerprint density at radius 2 is 2.10 bits per heavy atom. The predicted molar refractivity (Wildman–Crippen MR) is 87.8 cm³/mol. The molecule has 0 bridgehead atoms. The zero-order chi connectivity index (χ0) is 13.0. The van der Waals surface area contributed by atoms with Gasteiger partial charge in [0.25, 0.3) is 0 Å². The quantitative estimate of drug-likeness (QED) is 0.837. The van der Waals surface area contributed by atoms with E-state index in [9.17, 15) is 4.79 Å². The highest BCUT2D eigenvalue weighted by molar-refractivity contribution is 5.99. The van der Waals surface area contributed by atoms with E-state index in [1.54, 1.807) is 6.08 Å². The summed E-state index contributed by atoms with van der Waals surface area (Å²) in [5.41, 5.74) is 3.38. The summed E-state index contributed by atoms with van der Waals surface area (Å²) in [6.07, 6.45) is 3.44. The molecule has 1 aliphatic heterocycles. The number of anilines is 1. The Morgan fingerprint density at radius 3 is 2.80 bits per heavy atom. The van der Waals surface area contributed by atoms with Crippen LogP contribution in [0.25, 0.3) is 0 Å². The maximum atomic E-state index is 11.8. The third-order valence-corrected chi connectivity index (χ3v) is 2.89. The zero-order valence-electron chi connectivity index (χ0n) is 11.7. The number of amides is 1. The number of rotatable bonds is 4. The fourth-order valence-electron chi connectivity index (χ4n) is 1.99. The largest absolute Gasteiger partial charge is 0.322 e. The molecule has 0 aliphatic carbocycles. The number of halogens is 2. The second-order valence-electron chi connectivity index (χ2n) is 4.70. The van der Waals surface area contributed by atoms with Gasteiger partial charge in [0, 0.05) is 31.4 Å². The number of fused-ring (bicyclic) bond motifs is 1. The van der Waals surface area contributed by atoms with Crippen LogP contribution in [0, 0.1) is 0 Å². The van der Waals surface area contributed by atoms with Gasteiger partial charge in [0.15, 0.2) is 0 Å². The topological polar surface area (TPSA) is 44.4 Å². The van der Waals surface area contributed by atoms with Crippen LogP contribution in [0.4, 0.5) is 5.69 Å². The van der Waals surface area contributed by atoms with E-state index in [0.29, 0.717) is 0 Å². The molecule has 2 N–H and O–H groups in total. The molecule has 1 aromatic rings. The molecule has 0 atom stereocenters. The van der Waals surface area contributed by atoms with Crippen LogP contribution < -0.4 is 10.6 Å². The minimum Gasteiger partial charge on any atom is -0.322 e. The van der Waals surface area contributed by atoms with Crippen molar-refractivity contribution in [3.8, 4) is 0 Å². The summed E-state index contributed by atoms with van der Waals surface area (Å²) in [4.78, 5) is 13.8. The van der Waals surface area contributed by atoms with Crippen molar-refractivity contribution in [2.24, 2.45) is 0 Å². The summed E-state index contributed by atoms with van der Waals surface area (Å²) >= 11 is 0. The molecule has 1 amide bonds. The monoisotopic (exact) mass is 317 g/mol. The van der Waals surface area contributed by atoms with Crippen LogP contribution in [0.1, 0.15) is 11.1 Å². The van der Waals surface area contributed by atoms with Crippen molar-refractivity contribution in [2.75, 3.05) is 26.0 Å². The molecule has 0 saturated carbocycles. The molecule has 0 saturated heterocycles. The van der Waals surface area contributed by atoms with Crippen LogP contribution in [-0.4, -0.2) is 31.4 Å². The van der Waals surface area contributed by atoms with E-state index in [0.717, 1.165) is 25.3 Å². The van der Waals surface area contributed by atoms with Gasteiger partial charge in [-0.1, -0.05) is 18.2 Å². The Kier molecular flexibility index (Phi) is 8.49. The van der Waals surface area contributed by atoms with Gasteiger partial charge in [-0.15, -0.1) is 24.8 Å². The van der Waals surface area contributed by atoms with E-state index in [4.69, 9.17) is 0 Å². The lowest BCUT2D eigenvalue weighted by atomic mass is 10.1. The number of carbonyl (C=O) groups is 1. The van der Waals surface area contributed by atoms with Crippen molar-refractivity contribution in [1.82, 2.24) is 10.2 Å². The molecule has 20 heavy (non-hydrogen) atoms. The van der Waals surface area contributed by atoms with Crippen molar-refractivity contribution in [3.63, 3.8) is 0 Å². The molecule has 1 aliphatic rings. The Hall–Kier alpha value is -1.07. The summed E-state index contributed by atoms with van der Waals surface area (Å²) in [6.45, 7) is 2.48. The Bertz CT molecular complexity index is 475. The van der Waals surface area contributed by atoms with Crippen molar-refractivity contribution in [3.05, 3.63) is 41.5 Å². The Balaban J connectivity index is 0.00000180. The van der Waals surface area contributed by atoms with Crippen LogP contribution >= 0.6 is 24.8 Å². The summed E-state index contributed by atoms with van der Waals surface area (Å²) in [5.74, 6) is -0.0721. The first kappa shape index (κ1) is 18.9. The van der Waals surface area contributed by atoms with Gasteiger partial charge < -0.3 is 15.5 Å². The SMILES string of the molecule is CN(C)C/C=C/C(=O)Nc1cccc2c1CNC2.Cl.Cl. The van der Waals surface area contributed by atoms with Crippen LogP contribution in [0.5, 0.6) is 0 Å². The molecule has 4 nitrogen and oxygen atoms in total. The van der Waals surface area contributed by atoms with E-state index in [1.807, 2.05) is 37.2 Å². The molecule has 0 fully saturated rings. The fraction of sp³-hybridized carbons (Fsp3) is 0.357. The highest BCUT2D eigenvalue weighted by Gasteiger charge is 2.14. The second-order valence-corrected chi connectivity index (χ2v) is 4.70. The van der Waals surface area contributed by atoms with Gasteiger partial charge in [0.2, 0.25) is 5.91 Å². The van der Waals surface area contributed by atoms with Crippen LogP contribution in [-0.2, 0) is 17.9 Å². The summed E-state index contributed by atoms with van der Waals surface area (Å²) in [5, 5.41) is 6.22. The average Bonchev–Trinajstić information content (AvgIpc) is 2.77. The van der Waals surface area contributed by atoms with Gasteiger partial charge in [-0.05, 0) is 31.3 Å². The van der Waals surface area contributed by atoms with Crippen molar-refractivity contribution in [1.29, 1.82) is 0 Å². The van der Waals surface area contributed by atoms with Crippen molar-refractivity contribution >= 4 is 36.4 Å². The first-order valence-electron chi connectivity index (χ1n) is 6.10. The molecule has 0 unspecified atom stereocenters. The lowest BCUT2D eigenvalue weighted by molar-refractivity contribution is -0.111. The average molecular weight is 318 g/mol. The Labute approximate surface area is 132 Å². The number of carbonyl (C=O) groups excluding carboxylic acids is 1. The van der Waals surface area contributed by atoms with Gasteiger partial charge in [-0.3, -0.25) is 4.79 Å². The number of nitrogens with one attached hydrogen (secondary N) is 2. The third kappa shape index (κ3) is 5.13. The van der Waals surface area contributed by atoms with Crippen molar-refractivity contribution < 1.29 is 4.79 Å². The standard InChI is InChI=1S/C14H19N3O.2ClH/c1-17(2)8-4-7-14(18)16-13-6-3-5-11-9-15-10-12(11)13;;/h3-7,15H,8-10H2,1-2H3,(H,16,18);2*1H/b7-4+;;. The lowest BCUT2D eigenvalue weighted by Gasteiger charge is -2.08. The summed E-state index contributed by atoms with van der Waals surface area (Å²) in [6, 6.07) is 6.02. The van der Waals surface area contributed by atoms with Crippen molar-refractivity contribution in [2.45, 2.75) is 13.1 Å². The van der Waals surface area contributed by atoms with Gasteiger partial charge in [0.1, 0.15) is 0 Å². The summed E-state index contributed by atoms with van der Waals surface area (Å²) < 4.78 is 0. The maximum Gasteiger partial charge on any atom is 0.248 e. The Morgan fingerprint density at radius 1 is 1.35 bits per heavy atom. The van der Waals surface area contributed by atoms with Gasteiger partial charge in [-0.25, -0.2) is 0 Å². The molecule has 0 aromatic heterocycles. The minimum absolute atomic E-state index is 0. The molecule has 2 rings (SSSR count). The number of likely N-dealkylation sites (N-methyl/N-ethyl adjacent to an activating group) is 1. The molecule has 112 valence electrons. The molecule has 0 spiro atoms. The highest BCUT2D eigenvalue weighted by Crippen LogP contribution is 2.23. The maximum absolute atomic E-state index is 11.8. The van der Waals surface area contributed by atoms with E-state index in [2.05, 4.69) is 16.7 Å². The zero-order valence-corrected chi connectivity index (χ0v) is 13.3. The van der Waals surface area contributed by atoms with Crippen LogP contribution in [0.15, 0.2) is 30.4 Å². The molecule has 1 aromatic carbocycles. The third-order valence-electron chi connectivity index (χ3n) is 2.89. The lowest BCUT2D eigenvalue weighted by Crippen LogP contribution is -2.13. The van der Waals surface area contributed by atoms with E-state index >= 15 is 0 Å². The second kappa shape index (κ2) is 8.97. The minimum atomic E-state index is -0.0721. The first-order valence-corrected chi connectivity index (χ1v) is 6.10. The van der Waals surface area contributed by atoms with Gasteiger partial charge in [-0.2, -0.15) is 0 Å². The molecule has 1 heterocycles. The fourth-order valence-corrected chi connectivity index (χ4v) is 1.99. The van der Waals surface area contributed by atoms with E-state index < -0.39 is 0 Å². The molecular formula is C14H21Cl2N3O. The summed E-state index contributed by atoms with van der Waals surface area (Å²) in [7, 11) is 3.94. The molecule has 0 radical (unpaired) electrons. The van der Waals surface area contributed by atoms with Crippen LogP contribution in [0.3, 0.4) is 0 Å². The smallest absolute Gasteiger partial charge is 0.248 e. The predicted octanol–water partition coefficient (Wildman–Crippen LogP) is 2.19. The molecular weight excluding hydrogens is 297 g/mol. The van der Waals surface area contributed by atoms with Crippen LogP contribution in [0.2, 0.25) is 0 Å². The van der Waals surface area contributed by atoms with Gasteiger partial charge >= 0.3 is 0 Å². The van der Waals surface area contributed by atoms with E-state index in [1.165, 1.54) is 11.1 Å². The molecule has 6 heteroatoms. The highest BCUT2D eigenvalue weighted by atomic mass is 35.5. The number of hydrogen-bond acceptors (Lipinski definition) is 3. The number of nitrogens with zero attached hydrogens (tertiary/aromatic N) is 1. The van der Waals surface area contributed by atoms with E-state index in [-0.39, 0.29) is 30.7 Å². The number of benzene rings is 1. The van der Waals surface area contributed by atoms with Gasteiger partial charge in [0.05, 0.1) is 0 Å². The first-order chi connectivity index (χ1) is 8.66.